The highest BCUT2D eigenvalue weighted by molar-refractivity contribution is 6.02. The molecule has 0 fully saturated rings. The van der Waals surface area contributed by atoms with E-state index in [0.717, 1.165) is 10.1 Å². The van der Waals surface area contributed by atoms with E-state index in [4.69, 9.17) is 4.42 Å². The van der Waals surface area contributed by atoms with E-state index in [1.807, 2.05) is 30.3 Å². The minimum absolute atomic E-state index is 0.0652. The minimum atomic E-state index is -0.610. The molecule has 4 rings (SSSR count). The van der Waals surface area contributed by atoms with Gasteiger partial charge in [0.05, 0.1) is 0 Å². The van der Waals surface area contributed by atoms with Crippen molar-refractivity contribution in [2.75, 3.05) is 0 Å². The van der Waals surface area contributed by atoms with Gasteiger partial charge in [0.25, 0.3) is 5.56 Å². The van der Waals surface area contributed by atoms with Crippen molar-refractivity contribution in [1.82, 2.24) is 14.5 Å². The molecule has 0 spiro atoms. The number of furan rings is 1. The lowest BCUT2D eigenvalue weighted by atomic mass is 10.0. The van der Waals surface area contributed by atoms with Crippen LogP contribution in [0, 0.1) is 0 Å². The lowest BCUT2D eigenvalue weighted by Gasteiger charge is -2.10. The van der Waals surface area contributed by atoms with E-state index in [9.17, 15) is 14.4 Å². The van der Waals surface area contributed by atoms with Crippen molar-refractivity contribution in [3.8, 4) is 0 Å². The van der Waals surface area contributed by atoms with Gasteiger partial charge in [-0.15, -0.1) is 0 Å². The van der Waals surface area contributed by atoms with Crippen LogP contribution in [0.25, 0.3) is 22.1 Å². The van der Waals surface area contributed by atoms with E-state index in [2.05, 4.69) is 19.2 Å². The maximum Gasteiger partial charge on any atom is 0.331 e. The molecule has 0 atom stereocenters. The van der Waals surface area contributed by atoms with Gasteiger partial charge >= 0.3 is 5.69 Å². The summed E-state index contributed by atoms with van der Waals surface area (Å²) in [4.78, 5) is 38.1. The van der Waals surface area contributed by atoms with Gasteiger partial charge in [0, 0.05) is 19.0 Å². The second-order valence-corrected chi connectivity index (χ2v) is 7.68. The largest absolute Gasteiger partial charge is 0.449 e. The van der Waals surface area contributed by atoms with Gasteiger partial charge in [0.2, 0.25) is 11.5 Å². The molecular formula is C23H23N3O4. The average molecular weight is 405 g/mol. The number of carbonyl (C=O) groups is 1. The Bertz CT molecular complexity index is 1360. The number of amides is 1. The van der Waals surface area contributed by atoms with Gasteiger partial charge in [-0.1, -0.05) is 50.2 Å². The fourth-order valence-corrected chi connectivity index (χ4v) is 3.56. The quantitative estimate of drug-likeness (QED) is 0.553. The first-order chi connectivity index (χ1) is 14.4. The first kappa shape index (κ1) is 19.7. The van der Waals surface area contributed by atoms with Gasteiger partial charge in [0.1, 0.15) is 17.6 Å². The van der Waals surface area contributed by atoms with Gasteiger partial charge in [-0.2, -0.15) is 0 Å². The molecule has 0 saturated heterocycles. The van der Waals surface area contributed by atoms with Crippen molar-refractivity contribution in [2.45, 2.75) is 32.9 Å². The molecule has 1 amide bonds. The molecule has 30 heavy (non-hydrogen) atoms. The number of aryl methyl sites for hydroxylation is 1. The third kappa shape index (κ3) is 3.43. The van der Waals surface area contributed by atoms with Crippen LogP contribution in [0.2, 0.25) is 0 Å². The van der Waals surface area contributed by atoms with Crippen LogP contribution in [0.3, 0.4) is 0 Å². The van der Waals surface area contributed by atoms with Crippen molar-refractivity contribution in [3.05, 3.63) is 80.5 Å². The topological polar surface area (TPSA) is 86.2 Å². The normalized spacial score (nSPS) is 11.5. The summed E-state index contributed by atoms with van der Waals surface area (Å²) in [6.07, 6.45) is 0. The van der Waals surface area contributed by atoms with E-state index in [1.54, 1.807) is 25.2 Å². The summed E-state index contributed by atoms with van der Waals surface area (Å²) in [6, 6.07) is 15.1. The molecule has 2 aromatic carbocycles. The average Bonchev–Trinajstić information content (AvgIpc) is 3.14. The summed E-state index contributed by atoms with van der Waals surface area (Å²) in [5.41, 5.74) is 2.01. The molecule has 7 heteroatoms. The second kappa shape index (κ2) is 7.67. The number of carbonyl (C=O) groups excluding carboxylic acids is 1. The van der Waals surface area contributed by atoms with Gasteiger partial charge in [-0.3, -0.25) is 14.2 Å². The lowest BCUT2D eigenvalue weighted by Crippen LogP contribution is -2.42. The first-order valence-electron chi connectivity index (χ1n) is 9.83. The molecule has 1 N–H and O–H groups in total. The molecule has 2 heterocycles. The van der Waals surface area contributed by atoms with E-state index in [0.29, 0.717) is 28.9 Å². The molecular weight excluding hydrogens is 382 g/mol. The van der Waals surface area contributed by atoms with E-state index in [1.165, 1.54) is 10.1 Å². The Balaban J connectivity index is 1.59. The van der Waals surface area contributed by atoms with Crippen molar-refractivity contribution >= 4 is 28.0 Å². The number of aromatic nitrogens is 2. The Morgan fingerprint density at radius 3 is 2.47 bits per heavy atom. The highest BCUT2D eigenvalue weighted by Gasteiger charge is 2.19. The molecule has 7 nitrogen and oxygen atoms in total. The summed E-state index contributed by atoms with van der Waals surface area (Å²) < 4.78 is 7.93. The zero-order valence-corrected chi connectivity index (χ0v) is 17.1. The van der Waals surface area contributed by atoms with Crippen molar-refractivity contribution < 1.29 is 9.21 Å². The molecule has 0 aliphatic carbocycles. The number of hydrogen-bond donors (Lipinski definition) is 1. The number of nitrogens with one attached hydrogen (secondary N) is 1. The number of hydrogen-bond acceptors (Lipinski definition) is 4. The Labute approximate surface area is 172 Å². The van der Waals surface area contributed by atoms with E-state index >= 15 is 0 Å². The van der Waals surface area contributed by atoms with Crippen LogP contribution >= 0.6 is 0 Å². The number of para-hydroxylation sites is 1. The Hall–Kier alpha value is -3.61. The highest BCUT2D eigenvalue weighted by atomic mass is 16.3. The van der Waals surface area contributed by atoms with Gasteiger partial charge in [-0.05, 0) is 29.2 Å². The smallest absolute Gasteiger partial charge is 0.331 e. The van der Waals surface area contributed by atoms with Crippen LogP contribution in [0.5, 0.6) is 0 Å². The van der Waals surface area contributed by atoms with Gasteiger partial charge in [0.15, 0.2) is 0 Å². The summed E-state index contributed by atoms with van der Waals surface area (Å²) in [6.45, 7) is 4.18. The Kier molecular flexibility index (Phi) is 5.03. The maximum atomic E-state index is 12.9. The predicted molar refractivity (Wildman–Crippen MR) is 116 cm³/mol. The third-order valence-corrected chi connectivity index (χ3v) is 5.30. The number of nitrogens with zero attached hydrogens (tertiary/aromatic N) is 2. The minimum Gasteiger partial charge on any atom is -0.449 e. The van der Waals surface area contributed by atoms with E-state index < -0.39 is 17.2 Å². The molecule has 0 radical (unpaired) electrons. The number of benzene rings is 2. The van der Waals surface area contributed by atoms with Crippen LogP contribution in [-0.4, -0.2) is 15.0 Å². The van der Waals surface area contributed by atoms with Crippen LogP contribution in [-0.2, 0) is 24.9 Å². The van der Waals surface area contributed by atoms with Crippen molar-refractivity contribution in [2.24, 2.45) is 7.05 Å². The fourth-order valence-electron chi connectivity index (χ4n) is 3.56. The molecule has 2 aromatic heterocycles. The number of rotatable bonds is 5. The Morgan fingerprint density at radius 1 is 1.07 bits per heavy atom. The summed E-state index contributed by atoms with van der Waals surface area (Å²) in [5.74, 6) is 0.0162. The molecule has 154 valence electrons. The maximum absolute atomic E-state index is 12.9. The monoisotopic (exact) mass is 405 g/mol. The van der Waals surface area contributed by atoms with Gasteiger partial charge in [-0.25, -0.2) is 9.36 Å². The molecule has 0 unspecified atom stereocenters. The molecule has 0 aliphatic heterocycles. The first-order valence-corrected chi connectivity index (χ1v) is 9.83. The van der Waals surface area contributed by atoms with E-state index in [-0.39, 0.29) is 12.1 Å². The van der Waals surface area contributed by atoms with Crippen LogP contribution in [0.1, 0.15) is 30.9 Å². The lowest BCUT2D eigenvalue weighted by molar-refractivity contribution is -0.121. The van der Waals surface area contributed by atoms with Crippen LogP contribution in [0.15, 0.2) is 62.5 Å². The predicted octanol–water partition coefficient (Wildman–Crippen LogP) is 2.89. The van der Waals surface area contributed by atoms with Crippen molar-refractivity contribution in [1.29, 1.82) is 0 Å². The van der Waals surface area contributed by atoms with Crippen LogP contribution < -0.4 is 16.6 Å². The number of fused-ring (bicyclic) bond motifs is 3. The van der Waals surface area contributed by atoms with Gasteiger partial charge < -0.3 is 9.73 Å². The molecule has 0 saturated carbocycles. The molecule has 0 aliphatic rings. The van der Waals surface area contributed by atoms with Crippen LogP contribution in [0.4, 0.5) is 0 Å². The fraction of sp³-hybridized carbons (Fsp3) is 0.261. The summed E-state index contributed by atoms with van der Waals surface area (Å²) >= 11 is 0. The zero-order valence-electron chi connectivity index (χ0n) is 17.1. The second-order valence-electron chi connectivity index (χ2n) is 7.68. The summed E-state index contributed by atoms with van der Waals surface area (Å²) in [7, 11) is 1.57. The highest BCUT2D eigenvalue weighted by Crippen LogP contribution is 2.24. The van der Waals surface area contributed by atoms with Crippen molar-refractivity contribution in [3.63, 3.8) is 0 Å². The summed E-state index contributed by atoms with van der Waals surface area (Å²) in [5, 5.41) is 3.45. The molecule has 0 bridgehead atoms. The zero-order chi connectivity index (χ0) is 21.4. The Morgan fingerprint density at radius 2 is 1.77 bits per heavy atom. The molecule has 4 aromatic rings. The third-order valence-electron chi connectivity index (χ3n) is 5.30. The standard InChI is InChI=1S/C23H23N3O4/c1-14(2)16-10-8-15(9-11-16)12-24-19(27)13-26-22(28)21-20(25(3)23(26)29)17-6-4-5-7-18(17)30-21/h4-11,14H,12-13H2,1-3H3,(H,24,27). The SMILES string of the molecule is CC(C)c1ccc(CNC(=O)Cn2c(=O)c3oc4ccccc4c3n(C)c2=O)cc1.